The first-order valence-electron chi connectivity index (χ1n) is 14.4. The third-order valence-corrected chi connectivity index (χ3v) is 8.94. The zero-order valence-corrected chi connectivity index (χ0v) is 25.5. The number of methoxy groups -OCH3 is 1. The molecule has 0 unspecified atom stereocenters. The Labute approximate surface area is 260 Å². The maximum Gasteiger partial charge on any atom is 0.332 e. The predicted molar refractivity (Wildman–Crippen MR) is 164 cm³/mol. The molecule has 2 aromatic carbocycles. The number of aromatic nitrogens is 5. The molecule has 1 saturated heterocycles. The molecule has 4 heterocycles. The second-order valence-corrected chi connectivity index (χ2v) is 11.5. The average molecular weight is 635 g/mol. The highest BCUT2D eigenvalue weighted by Crippen LogP contribution is 2.34. The summed E-state index contributed by atoms with van der Waals surface area (Å²) in [4.78, 5) is 42.7. The summed E-state index contributed by atoms with van der Waals surface area (Å²) in [5.74, 6) is -0.544. The van der Waals surface area contributed by atoms with Gasteiger partial charge in [0.2, 0.25) is 5.91 Å². The summed E-state index contributed by atoms with van der Waals surface area (Å²) in [5.41, 5.74) is 0.597. The first-order valence-corrected chi connectivity index (χ1v) is 15.2. The highest BCUT2D eigenvalue weighted by atomic mass is 32.1. The van der Waals surface area contributed by atoms with Crippen LogP contribution >= 0.6 is 11.3 Å². The molecule has 0 radical (unpaired) electrons. The van der Waals surface area contributed by atoms with Crippen LogP contribution in [0.25, 0.3) is 15.2 Å². The van der Waals surface area contributed by atoms with Crippen molar-refractivity contribution < 1.29 is 23.4 Å². The number of hydrogen-bond acceptors (Lipinski definition) is 9. The standard InChI is InChI=1S/C31H31FN6O6S/c1-19-26-28(40)37(23-10-11-33-27(23)39)31(41)36(30(26)45-29(19)38-34-12-13-35-38)17-25(43-15-14-42-2)22-16-21(32)8-9-24(22)44-18-20-6-4-3-5-7-20/h3-9,12-13,16,23,25H,10-11,14-15,17-18H2,1-2H3,(H,33,39)/t23-,25+/m1/s1. The fourth-order valence-corrected chi connectivity index (χ4v) is 6.66. The monoisotopic (exact) mass is 634 g/mol. The van der Waals surface area contributed by atoms with Crippen molar-refractivity contribution in [1.82, 2.24) is 29.4 Å². The van der Waals surface area contributed by atoms with Gasteiger partial charge in [-0.2, -0.15) is 10.2 Å². The lowest BCUT2D eigenvalue weighted by molar-refractivity contribution is -0.122. The van der Waals surface area contributed by atoms with Crippen LogP contribution in [0, 0.1) is 12.7 Å². The second-order valence-electron chi connectivity index (χ2n) is 10.5. The van der Waals surface area contributed by atoms with Gasteiger partial charge >= 0.3 is 5.69 Å². The maximum absolute atomic E-state index is 14.8. The molecule has 1 amide bonds. The molecule has 1 aliphatic rings. The van der Waals surface area contributed by atoms with Crippen LogP contribution in [0.1, 0.15) is 35.3 Å². The van der Waals surface area contributed by atoms with Crippen LogP contribution in [-0.4, -0.2) is 56.9 Å². The number of hydrogen-bond donors (Lipinski definition) is 1. The highest BCUT2D eigenvalue weighted by molar-refractivity contribution is 7.21. The molecule has 6 rings (SSSR count). The van der Waals surface area contributed by atoms with Crippen LogP contribution in [0.15, 0.2) is 70.5 Å². The van der Waals surface area contributed by atoms with Gasteiger partial charge in [-0.15, -0.1) is 4.80 Å². The molecule has 14 heteroatoms. The molecular weight excluding hydrogens is 603 g/mol. The van der Waals surface area contributed by atoms with Crippen LogP contribution < -0.4 is 21.3 Å². The SMILES string of the molecule is COCCO[C@@H](Cn1c(=O)n([C@@H]2CCNC2=O)c(=O)c2c(C)c(-n3nccn3)sc21)c1cc(F)ccc1OCc1ccccc1. The number of thiophene rings is 1. The van der Waals surface area contributed by atoms with Gasteiger partial charge in [0.1, 0.15) is 40.2 Å². The lowest BCUT2D eigenvalue weighted by atomic mass is 10.1. The van der Waals surface area contributed by atoms with E-state index in [9.17, 15) is 18.8 Å². The van der Waals surface area contributed by atoms with E-state index in [-0.39, 0.29) is 38.2 Å². The van der Waals surface area contributed by atoms with Gasteiger partial charge in [0.25, 0.3) is 5.56 Å². The van der Waals surface area contributed by atoms with Crippen LogP contribution in [-0.2, 0) is 27.4 Å². The Balaban J connectivity index is 1.50. The molecule has 0 bridgehead atoms. The van der Waals surface area contributed by atoms with Crippen molar-refractivity contribution in [2.75, 3.05) is 26.9 Å². The number of benzene rings is 2. The van der Waals surface area contributed by atoms with E-state index in [4.69, 9.17) is 14.2 Å². The van der Waals surface area contributed by atoms with Crippen molar-refractivity contribution in [3.63, 3.8) is 0 Å². The third kappa shape index (κ3) is 6.03. The summed E-state index contributed by atoms with van der Waals surface area (Å²) in [6.45, 7) is 2.56. The van der Waals surface area contributed by atoms with E-state index in [0.717, 1.165) is 10.1 Å². The van der Waals surface area contributed by atoms with E-state index in [2.05, 4.69) is 15.5 Å². The molecule has 0 aliphatic carbocycles. The van der Waals surface area contributed by atoms with Gasteiger partial charge in [-0.1, -0.05) is 41.7 Å². The lowest BCUT2D eigenvalue weighted by Gasteiger charge is -2.23. The largest absolute Gasteiger partial charge is 0.489 e. The van der Waals surface area contributed by atoms with Gasteiger partial charge in [0.05, 0.1) is 37.5 Å². The van der Waals surface area contributed by atoms with Gasteiger partial charge < -0.3 is 19.5 Å². The van der Waals surface area contributed by atoms with Crippen LogP contribution in [0.4, 0.5) is 4.39 Å². The molecule has 1 aliphatic heterocycles. The summed E-state index contributed by atoms with van der Waals surface area (Å²) in [7, 11) is 1.53. The molecule has 5 aromatic rings. The Morgan fingerprint density at radius 1 is 1.09 bits per heavy atom. The van der Waals surface area contributed by atoms with Crippen molar-refractivity contribution in [3.05, 3.63) is 104 Å². The Morgan fingerprint density at radius 3 is 2.58 bits per heavy atom. The molecule has 3 aromatic heterocycles. The number of ether oxygens (including phenoxy) is 3. The summed E-state index contributed by atoms with van der Waals surface area (Å²) in [6.07, 6.45) is 2.41. The normalized spacial score (nSPS) is 15.4. The van der Waals surface area contributed by atoms with Crippen LogP contribution in [0.5, 0.6) is 5.75 Å². The minimum Gasteiger partial charge on any atom is -0.489 e. The number of nitrogens with zero attached hydrogens (tertiary/aromatic N) is 5. The van der Waals surface area contributed by atoms with E-state index < -0.39 is 35.1 Å². The molecule has 0 saturated carbocycles. The summed E-state index contributed by atoms with van der Waals surface area (Å²) in [6, 6.07) is 12.7. The zero-order chi connectivity index (χ0) is 31.5. The van der Waals surface area contributed by atoms with Gasteiger partial charge in [-0.05, 0) is 37.1 Å². The fourth-order valence-electron chi connectivity index (χ4n) is 5.45. The molecule has 0 spiro atoms. The Morgan fingerprint density at radius 2 is 1.87 bits per heavy atom. The Kier molecular flexibility index (Phi) is 8.87. The molecule has 1 fully saturated rings. The maximum atomic E-state index is 14.8. The van der Waals surface area contributed by atoms with Gasteiger partial charge in [0, 0.05) is 24.8 Å². The van der Waals surface area contributed by atoms with E-state index in [1.54, 1.807) is 6.92 Å². The van der Waals surface area contributed by atoms with Crippen molar-refractivity contribution in [1.29, 1.82) is 0 Å². The predicted octanol–water partition coefficient (Wildman–Crippen LogP) is 3.30. The number of carbonyl (C=O) groups excluding carboxylic acids is 1. The molecule has 2 atom stereocenters. The number of aryl methyl sites for hydroxylation is 1. The number of amides is 1. The van der Waals surface area contributed by atoms with Crippen molar-refractivity contribution >= 4 is 27.5 Å². The number of fused-ring (bicyclic) bond motifs is 1. The number of nitrogens with one attached hydrogen (secondary N) is 1. The summed E-state index contributed by atoms with van der Waals surface area (Å²) < 4.78 is 34.8. The van der Waals surface area contributed by atoms with Gasteiger partial charge in [-0.25, -0.2) is 13.8 Å². The number of carbonyl (C=O) groups is 1. The quantitative estimate of drug-likeness (QED) is 0.207. The molecule has 45 heavy (non-hydrogen) atoms. The minimum absolute atomic E-state index is 0.120. The lowest BCUT2D eigenvalue weighted by Crippen LogP contribution is -2.44. The van der Waals surface area contributed by atoms with Crippen molar-refractivity contribution in [2.45, 2.75) is 38.6 Å². The first kappa shape index (κ1) is 30.4. The number of halogens is 1. The van der Waals surface area contributed by atoms with Gasteiger partial charge in [-0.3, -0.25) is 14.2 Å². The Bertz CT molecular complexity index is 1940. The van der Waals surface area contributed by atoms with Crippen molar-refractivity contribution in [2.24, 2.45) is 0 Å². The average Bonchev–Trinajstić information content (AvgIpc) is 3.79. The van der Waals surface area contributed by atoms with E-state index >= 15 is 0 Å². The summed E-state index contributed by atoms with van der Waals surface area (Å²) in [5, 5.41) is 12.0. The van der Waals surface area contributed by atoms with Crippen LogP contribution in [0.2, 0.25) is 0 Å². The third-order valence-electron chi connectivity index (χ3n) is 7.66. The minimum atomic E-state index is -0.974. The topological polar surface area (TPSA) is 132 Å². The smallest absolute Gasteiger partial charge is 0.332 e. The van der Waals surface area contributed by atoms with E-state index in [1.165, 1.54) is 58.4 Å². The fraction of sp³-hybridized carbons (Fsp3) is 0.323. The second kappa shape index (κ2) is 13.1. The number of rotatable bonds is 12. The van der Waals surface area contributed by atoms with E-state index in [0.29, 0.717) is 33.3 Å². The highest BCUT2D eigenvalue weighted by Gasteiger charge is 2.33. The zero-order valence-electron chi connectivity index (χ0n) is 24.6. The van der Waals surface area contributed by atoms with E-state index in [1.807, 2.05) is 30.3 Å². The molecule has 1 N–H and O–H groups in total. The van der Waals surface area contributed by atoms with Crippen LogP contribution in [0.3, 0.4) is 0 Å². The first-order chi connectivity index (χ1) is 21.9. The Hall–Kier alpha value is -4.66. The van der Waals surface area contributed by atoms with Crippen molar-refractivity contribution in [3.8, 4) is 10.8 Å². The molecule has 234 valence electrons. The molecular formula is C31H31FN6O6S. The molecule has 12 nitrogen and oxygen atoms in total. The van der Waals surface area contributed by atoms with Gasteiger partial charge in [0.15, 0.2) is 0 Å². The summed E-state index contributed by atoms with van der Waals surface area (Å²) >= 11 is 1.17.